The molecule has 2 aromatic heterocycles. The molecule has 1 fully saturated rings. The normalized spacial score (nSPS) is 17.1. The summed E-state index contributed by atoms with van der Waals surface area (Å²) in [5.74, 6) is -14.1. The van der Waals surface area contributed by atoms with E-state index in [4.69, 9.17) is 5.73 Å². The first-order chi connectivity index (χ1) is 25.5. The van der Waals surface area contributed by atoms with E-state index in [2.05, 4.69) is 25.3 Å². The quantitative estimate of drug-likeness (QED) is 0.130. The number of carbonyl (C=O) groups excluding carboxylic acids is 2. The standard InChI is InChI=1S/C36H34F9N7O2/c37-22-12-19(13-23(38)16-22)11-21(14-24(53)18-52-31-28(30(50-52)32(40)41)35(42,43)5-6-36(31,44)45)29-26(20-3-4-27(39)25(15-20)33(46)54)17-48-34(49-29)47-7-10-51-8-1-2-9-51/h3-4,12-13,15-17,21,32H,1-2,5-11,14,18H2,(H2,46,54)(H,47,48,49)/t21-/m1/s1. The number of benzene rings is 2. The van der Waals surface area contributed by atoms with Gasteiger partial charge in [-0.15, -0.1) is 0 Å². The molecule has 0 bridgehead atoms. The Labute approximate surface area is 302 Å². The number of fused-ring (bicyclic) bond motifs is 1. The Bertz CT molecular complexity index is 2030. The lowest BCUT2D eigenvalue weighted by Gasteiger charge is -2.29. The van der Waals surface area contributed by atoms with Crippen LogP contribution in [0.1, 0.15) is 83.0 Å². The van der Waals surface area contributed by atoms with E-state index in [9.17, 15) is 40.3 Å². The van der Waals surface area contributed by atoms with Gasteiger partial charge in [-0.05, 0) is 67.7 Å². The third-order valence-electron chi connectivity index (χ3n) is 9.51. The van der Waals surface area contributed by atoms with Crippen molar-refractivity contribution in [1.82, 2.24) is 24.6 Å². The zero-order valence-corrected chi connectivity index (χ0v) is 28.5. The van der Waals surface area contributed by atoms with Gasteiger partial charge in [0, 0.05) is 56.1 Å². The molecule has 1 atom stereocenters. The van der Waals surface area contributed by atoms with Crippen molar-refractivity contribution in [3.05, 3.63) is 93.8 Å². The van der Waals surface area contributed by atoms with Crippen molar-refractivity contribution in [2.24, 2.45) is 5.73 Å². The van der Waals surface area contributed by atoms with Gasteiger partial charge in [0.1, 0.15) is 35.4 Å². The van der Waals surface area contributed by atoms with E-state index in [1.54, 1.807) is 0 Å². The Morgan fingerprint density at radius 1 is 0.926 bits per heavy atom. The van der Waals surface area contributed by atoms with Gasteiger partial charge in [0.25, 0.3) is 24.2 Å². The maximum Gasteiger partial charge on any atom is 0.290 e. The van der Waals surface area contributed by atoms with Crippen molar-refractivity contribution in [1.29, 1.82) is 0 Å². The van der Waals surface area contributed by atoms with Gasteiger partial charge in [-0.25, -0.2) is 40.7 Å². The summed E-state index contributed by atoms with van der Waals surface area (Å²) < 4.78 is 131. The molecule has 0 radical (unpaired) electrons. The molecule has 9 nitrogen and oxygen atoms in total. The second kappa shape index (κ2) is 15.4. The molecule has 18 heteroatoms. The number of aromatic nitrogens is 4. The number of alkyl halides is 6. The van der Waals surface area contributed by atoms with Gasteiger partial charge < -0.3 is 16.0 Å². The first-order valence-electron chi connectivity index (χ1n) is 17.1. The number of anilines is 1. The van der Waals surface area contributed by atoms with Gasteiger partial charge >= 0.3 is 0 Å². The Hall–Kier alpha value is -5.00. The Balaban J connectivity index is 1.42. The minimum absolute atomic E-state index is 0.0259. The summed E-state index contributed by atoms with van der Waals surface area (Å²) in [6.07, 6.45) is -4.05. The number of Topliss-reactive ketones (excluding diaryl/α,β-unsaturated/α-hetero) is 1. The summed E-state index contributed by atoms with van der Waals surface area (Å²) in [4.78, 5) is 37.0. The summed E-state index contributed by atoms with van der Waals surface area (Å²) in [5, 5.41) is 6.44. The maximum atomic E-state index is 15.1. The number of nitrogens with zero attached hydrogens (tertiary/aromatic N) is 5. The van der Waals surface area contributed by atoms with Crippen molar-refractivity contribution < 1.29 is 49.1 Å². The van der Waals surface area contributed by atoms with Crippen molar-refractivity contribution in [2.75, 3.05) is 31.5 Å². The summed E-state index contributed by atoms with van der Waals surface area (Å²) in [7, 11) is 0. The van der Waals surface area contributed by atoms with E-state index in [0.29, 0.717) is 19.2 Å². The Morgan fingerprint density at radius 2 is 1.61 bits per heavy atom. The van der Waals surface area contributed by atoms with Crippen LogP contribution in [-0.2, 0) is 29.6 Å². The minimum Gasteiger partial charge on any atom is -0.366 e. The highest BCUT2D eigenvalue weighted by Gasteiger charge is 2.55. The average Bonchev–Trinajstić information content (AvgIpc) is 3.76. The van der Waals surface area contributed by atoms with E-state index in [0.717, 1.165) is 50.2 Å². The molecular formula is C36H34F9N7O2. The highest BCUT2D eigenvalue weighted by atomic mass is 19.3. The third kappa shape index (κ3) is 8.37. The van der Waals surface area contributed by atoms with Crippen LogP contribution >= 0.6 is 0 Å². The molecular weight excluding hydrogens is 733 g/mol. The minimum atomic E-state index is -4.07. The van der Waals surface area contributed by atoms with Crippen LogP contribution in [0.15, 0.2) is 42.6 Å². The van der Waals surface area contributed by atoms with Gasteiger partial charge in [-0.3, -0.25) is 14.3 Å². The second-order valence-corrected chi connectivity index (χ2v) is 13.4. The number of likely N-dealkylation sites (tertiary alicyclic amines) is 1. The molecule has 288 valence electrons. The van der Waals surface area contributed by atoms with Gasteiger partial charge in [-0.1, -0.05) is 6.07 Å². The first kappa shape index (κ1) is 38.7. The molecule has 1 aliphatic heterocycles. The van der Waals surface area contributed by atoms with Gasteiger partial charge in [0.2, 0.25) is 5.95 Å². The van der Waals surface area contributed by atoms with E-state index in [1.807, 2.05) is 0 Å². The third-order valence-corrected chi connectivity index (χ3v) is 9.51. The second-order valence-electron chi connectivity index (χ2n) is 13.4. The van der Waals surface area contributed by atoms with Crippen LogP contribution < -0.4 is 11.1 Å². The maximum absolute atomic E-state index is 15.1. The van der Waals surface area contributed by atoms with E-state index in [-0.39, 0.29) is 39.4 Å². The smallest absolute Gasteiger partial charge is 0.290 e. The van der Waals surface area contributed by atoms with Crippen LogP contribution in [-0.4, -0.2) is 62.5 Å². The highest BCUT2D eigenvalue weighted by Crippen LogP contribution is 2.52. The molecule has 2 aliphatic rings. The predicted octanol–water partition coefficient (Wildman–Crippen LogP) is 7.26. The lowest BCUT2D eigenvalue weighted by Crippen LogP contribution is -2.33. The molecule has 3 heterocycles. The van der Waals surface area contributed by atoms with Crippen molar-refractivity contribution in [3.8, 4) is 11.1 Å². The summed E-state index contributed by atoms with van der Waals surface area (Å²) in [5.41, 5.74) is 0.505. The molecule has 4 aromatic rings. The zero-order chi connectivity index (χ0) is 38.9. The number of halogens is 9. The number of hydrogen-bond donors (Lipinski definition) is 2. The number of carbonyl (C=O) groups is 2. The SMILES string of the molecule is NC(=O)c1cc(-c2cnc(NCCN3CCCC3)nc2[C@@H](CC(=O)Cn2nc(C(F)F)c3c2C(F)(F)CCC3(F)F)Cc2cc(F)cc(F)c2)ccc1F. The van der Waals surface area contributed by atoms with Crippen molar-refractivity contribution in [3.63, 3.8) is 0 Å². The van der Waals surface area contributed by atoms with Crippen molar-refractivity contribution in [2.45, 2.75) is 69.3 Å². The van der Waals surface area contributed by atoms with E-state index in [1.165, 1.54) is 12.3 Å². The van der Waals surface area contributed by atoms with Gasteiger partial charge in [0.05, 0.1) is 16.8 Å². The van der Waals surface area contributed by atoms with Gasteiger partial charge in [-0.2, -0.15) is 13.9 Å². The lowest BCUT2D eigenvalue weighted by atomic mass is 9.86. The fourth-order valence-corrected chi connectivity index (χ4v) is 7.05. The fourth-order valence-electron chi connectivity index (χ4n) is 7.05. The van der Waals surface area contributed by atoms with Gasteiger partial charge in [0.15, 0.2) is 5.78 Å². The van der Waals surface area contributed by atoms with Crippen LogP contribution in [0.3, 0.4) is 0 Å². The fraction of sp³-hybridized carbons (Fsp3) is 0.417. The molecule has 6 rings (SSSR count). The number of primary amides is 1. The molecule has 0 spiro atoms. The molecule has 2 aromatic carbocycles. The molecule has 0 saturated carbocycles. The van der Waals surface area contributed by atoms with E-state index >= 15 is 8.78 Å². The average molecular weight is 768 g/mol. The lowest BCUT2D eigenvalue weighted by molar-refractivity contribution is -0.121. The molecule has 1 amide bonds. The number of nitrogens with two attached hydrogens (primary N) is 1. The Morgan fingerprint density at radius 3 is 2.28 bits per heavy atom. The zero-order valence-electron chi connectivity index (χ0n) is 28.5. The largest absolute Gasteiger partial charge is 0.366 e. The summed E-state index contributed by atoms with van der Waals surface area (Å²) in [6.45, 7) is 1.67. The topological polar surface area (TPSA) is 119 Å². The summed E-state index contributed by atoms with van der Waals surface area (Å²) in [6, 6.07) is 5.94. The number of rotatable bonds is 14. The van der Waals surface area contributed by atoms with Crippen LogP contribution in [0, 0.1) is 17.5 Å². The Kier molecular flexibility index (Phi) is 11.0. The number of amides is 1. The number of hydrogen-bond acceptors (Lipinski definition) is 7. The summed E-state index contributed by atoms with van der Waals surface area (Å²) >= 11 is 0. The first-order valence-corrected chi connectivity index (χ1v) is 17.1. The number of nitrogens with one attached hydrogen (secondary N) is 1. The van der Waals surface area contributed by atoms with Crippen LogP contribution in [0.2, 0.25) is 0 Å². The van der Waals surface area contributed by atoms with E-state index < -0.39 is 102 Å². The monoisotopic (exact) mass is 767 g/mol. The molecule has 1 saturated heterocycles. The number of ketones is 1. The molecule has 1 aliphatic carbocycles. The predicted molar refractivity (Wildman–Crippen MR) is 177 cm³/mol. The highest BCUT2D eigenvalue weighted by molar-refractivity contribution is 5.94. The van der Waals surface area contributed by atoms with Crippen LogP contribution in [0.4, 0.5) is 45.5 Å². The molecule has 3 N–H and O–H groups in total. The van der Waals surface area contributed by atoms with Crippen LogP contribution in [0.5, 0.6) is 0 Å². The molecule has 0 unspecified atom stereocenters. The molecule has 54 heavy (non-hydrogen) atoms. The van der Waals surface area contributed by atoms with Crippen LogP contribution in [0.25, 0.3) is 11.1 Å². The van der Waals surface area contributed by atoms with Crippen molar-refractivity contribution >= 4 is 17.6 Å².